The lowest BCUT2D eigenvalue weighted by Gasteiger charge is -2.37. The maximum Gasteiger partial charge on any atom is 0.534 e. The third-order valence-electron chi connectivity index (χ3n) is 6.19. The van der Waals surface area contributed by atoms with Gasteiger partial charge in [-0.3, -0.25) is 0 Å². The lowest BCUT2D eigenvalue weighted by Crippen LogP contribution is -2.35. The van der Waals surface area contributed by atoms with Gasteiger partial charge in [0.25, 0.3) is 0 Å². The zero-order chi connectivity index (χ0) is 20.9. The number of aldehydes is 1. The minimum atomic E-state index is -5.77. The molecule has 0 aromatic rings. The van der Waals surface area contributed by atoms with Gasteiger partial charge in [-0.1, -0.05) is 25.5 Å². The molecule has 2 aliphatic heterocycles. The van der Waals surface area contributed by atoms with Crippen molar-refractivity contribution >= 4 is 16.4 Å². The predicted molar refractivity (Wildman–Crippen MR) is 95.3 cm³/mol. The molecule has 0 unspecified atom stereocenters. The van der Waals surface area contributed by atoms with Crippen LogP contribution < -0.4 is 0 Å². The molecule has 3 rings (SSSR count). The summed E-state index contributed by atoms with van der Waals surface area (Å²) >= 11 is 0. The number of carbonyl (C=O) groups excluding carboxylic acids is 1. The molecule has 1 aliphatic carbocycles. The van der Waals surface area contributed by atoms with Gasteiger partial charge in [0, 0.05) is 24.7 Å². The fraction of sp³-hybridized carbons (Fsp3) is 0.737. The normalized spacial score (nSPS) is 33.0. The van der Waals surface area contributed by atoms with E-state index in [-0.39, 0.29) is 42.8 Å². The maximum atomic E-state index is 12.9. The molecule has 0 aromatic heterocycles. The number of halogens is 3. The van der Waals surface area contributed by atoms with Crippen LogP contribution in [-0.4, -0.2) is 32.4 Å². The highest BCUT2D eigenvalue weighted by Gasteiger charge is 2.56. The van der Waals surface area contributed by atoms with Gasteiger partial charge in [-0.15, -0.1) is 0 Å². The van der Waals surface area contributed by atoms with E-state index in [0.29, 0.717) is 17.8 Å². The molecule has 0 saturated carbocycles. The van der Waals surface area contributed by atoms with Crippen LogP contribution in [0.1, 0.15) is 46.5 Å². The van der Waals surface area contributed by atoms with Crippen LogP contribution in [-0.2, 0) is 23.8 Å². The topological polar surface area (TPSA) is 69.7 Å². The Kier molecular flexibility index (Phi) is 5.71. The number of carbonyl (C=O) groups is 1. The van der Waals surface area contributed by atoms with Gasteiger partial charge in [0.15, 0.2) is 0 Å². The molecule has 28 heavy (non-hydrogen) atoms. The fourth-order valence-corrected chi connectivity index (χ4v) is 5.48. The minimum Gasteiger partial charge on any atom is -0.380 e. The molecule has 5 nitrogen and oxygen atoms in total. The highest BCUT2D eigenvalue weighted by molar-refractivity contribution is 7.87. The largest absolute Gasteiger partial charge is 0.534 e. The Bertz CT molecular complexity index is 797. The summed E-state index contributed by atoms with van der Waals surface area (Å²) in [6, 6.07) is 0. The molecule has 1 fully saturated rings. The second-order valence-electron chi connectivity index (χ2n) is 8.13. The Morgan fingerprint density at radius 1 is 1.36 bits per heavy atom. The van der Waals surface area contributed by atoms with Gasteiger partial charge < -0.3 is 13.7 Å². The van der Waals surface area contributed by atoms with E-state index in [1.807, 2.05) is 6.92 Å². The molecule has 2 bridgehead atoms. The van der Waals surface area contributed by atoms with Crippen LogP contribution in [0.2, 0.25) is 0 Å². The second-order valence-corrected chi connectivity index (χ2v) is 9.67. The van der Waals surface area contributed by atoms with Gasteiger partial charge >= 0.3 is 15.6 Å². The second kappa shape index (κ2) is 7.48. The van der Waals surface area contributed by atoms with Crippen molar-refractivity contribution in [2.45, 2.75) is 64.2 Å². The van der Waals surface area contributed by atoms with Crippen LogP contribution in [0.3, 0.4) is 0 Å². The molecular formula is C19H25F3O5S. The summed E-state index contributed by atoms with van der Waals surface area (Å²) in [5.74, 6) is 0.424. The Balaban J connectivity index is 2.03. The van der Waals surface area contributed by atoms with Gasteiger partial charge in [-0.2, -0.15) is 21.6 Å². The van der Waals surface area contributed by atoms with Crippen molar-refractivity contribution in [1.82, 2.24) is 0 Å². The number of fused-ring (bicyclic) bond motifs is 5. The smallest absolute Gasteiger partial charge is 0.380 e. The average Bonchev–Trinajstić information content (AvgIpc) is 2.88. The third kappa shape index (κ3) is 3.63. The first-order valence-electron chi connectivity index (χ1n) is 9.46. The van der Waals surface area contributed by atoms with E-state index in [1.54, 1.807) is 0 Å². The standard InChI is InChI=1S/C19H25F3O5S/c1-10(2)12-7-6-11(3)16-15-9-14(27-28(24,25)19(20,21)22)13(5-4-8-23)18(26-15)17(12)16/h6,8,10,12,15-18H,4-5,7,9H2,1-3H3/t12-,15-,16-,17-,18+/m1/s1. The van der Waals surface area contributed by atoms with E-state index >= 15 is 0 Å². The van der Waals surface area contributed by atoms with Crippen LogP contribution in [0.4, 0.5) is 13.2 Å². The van der Waals surface area contributed by atoms with E-state index in [4.69, 9.17) is 4.74 Å². The number of ether oxygens (including phenoxy) is 1. The fourth-order valence-electron chi connectivity index (χ4n) is 4.94. The van der Waals surface area contributed by atoms with Gasteiger partial charge in [-0.25, -0.2) is 0 Å². The molecule has 0 N–H and O–H groups in total. The van der Waals surface area contributed by atoms with Crippen molar-refractivity contribution in [1.29, 1.82) is 0 Å². The summed E-state index contributed by atoms with van der Waals surface area (Å²) in [6.45, 7) is 6.17. The van der Waals surface area contributed by atoms with E-state index in [1.165, 1.54) is 0 Å². The Labute approximate surface area is 163 Å². The van der Waals surface area contributed by atoms with E-state index < -0.39 is 27.8 Å². The molecule has 0 aromatic carbocycles. The molecule has 2 heterocycles. The minimum absolute atomic E-state index is 0.00655. The first kappa shape index (κ1) is 21.4. The van der Waals surface area contributed by atoms with Crippen molar-refractivity contribution in [3.8, 4) is 0 Å². The first-order valence-corrected chi connectivity index (χ1v) is 10.9. The molecule has 9 heteroatoms. The van der Waals surface area contributed by atoms with Crippen LogP contribution in [0.5, 0.6) is 0 Å². The van der Waals surface area contributed by atoms with Crippen LogP contribution in [0.25, 0.3) is 0 Å². The quantitative estimate of drug-likeness (QED) is 0.279. The van der Waals surface area contributed by atoms with Crippen LogP contribution in [0.15, 0.2) is 23.0 Å². The number of hydrogen-bond donors (Lipinski definition) is 0. The number of allylic oxidation sites excluding steroid dienone is 1. The van der Waals surface area contributed by atoms with Gasteiger partial charge in [0.1, 0.15) is 12.0 Å². The lowest BCUT2D eigenvalue weighted by atomic mass is 9.65. The zero-order valence-electron chi connectivity index (χ0n) is 16.0. The van der Waals surface area contributed by atoms with E-state index in [0.717, 1.165) is 12.0 Å². The molecular weight excluding hydrogens is 397 g/mol. The number of alkyl halides is 3. The Morgan fingerprint density at radius 2 is 2.04 bits per heavy atom. The van der Waals surface area contributed by atoms with Gasteiger partial charge in [-0.05, 0) is 37.2 Å². The van der Waals surface area contributed by atoms with Crippen LogP contribution in [0, 0.1) is 23.7 Å². The molecule has 0 radical (unpaired) electrons. The zero-order valence-corrected chi connectivity index (χ0v) is 16.8. The summed E-state index contributed by atoms with van der Waals surface area (Å²) in [4.78, 5) is 10.9. The monoisotopic (exact) mass is 422 g/mol. The van der Waals surface area contributed by atoms with Crippen molar-refractivity contribution in [2.75, 3.05) is 0 Å². The maximum absolute atomic E-state index is 12.9. The highest BCUT2D eigenvalue weighted by atomic mass is 32.2. The molecule has 158 valence electrons. The molecule has 1 saturated heterocycles. The summed E-state index contributed by atoms with van der Waals surface area (Å²) in [5, 5.41) is 0. The highest BCUT2D eigenvalue weighted by Crippen LogP contribution is 2.55. The average molecular weight is 422 g/mol. The summed E-state index contributed by atoms with van der Waals surface area (Å²) in [7, 11) is -5.77. The summed E-state index contributed by atoms with van der Waals surface area (Å²) < 4.78 is 72.6. The number of rotatable bonds is 6. The van der Waals surface area contributed by atoms with Crippen molar-refractivity contribution in [3.63, 3.8) is 0 Å². The SMILES string of the molecule is CC1=CC[C@H](C(C)C)[C@@H]2[C@H]1[C@H]1CC(OS(=O)(=O)C(F)(F)F)=C(CCC=O)[C@@H]2O1. The molecule has 0 spiro atoms. The molecule has 5 atom stereocenters. The Morgan fingerprint density at radius 3 is 2.61 bits per heavy atom. The predicted octanol–water partition coefficient (Wildman–Crippen LogP) is 4.11. The van der Waals surface area contributed by atoms with E-state index in [9.17, 15) is 26.4 Å². The van der Waals surface area contributed by atoms with Gasteiger partial charge in [0.2, 0.25) is 0 Å². The van der Waals surface area contributed by atoms with Crippen molar-refractivity contribution in [3.05, 3.63) is 23.0 Å². The molecule has 0 amide bonds. The van der Waals surface area contributed by atoms with Crippen LogP contribution >= 0.6 is 0 Å². The first-order chi connectivity index (χ1) is 13.0. The lowest BCUT2D eigenvalue weighted by molar-refractivity contribution is -0.107. The third-order valence-corrected chi connectivity index (χ3v) is 7.18. The summed E-state index contributed by atoms with van der Waals surface area (Å²) in [5.41, 5.74) is -4.01. The van der Waals surface area contributed by atoms with Crippen molar-refractivity contribution in [2.24, 2.45) is 23.7 Å². The Hall–Kier alpha value is -1.35. The van der Waals surface area contributed by atoms with Crippen molar-refractivity contribution < 1.29 is 35.3 Å². The molecule has 3 aliphatic rings. The van der Waals surface area contributed by atoms with Gasteiger partial charge in [0.05, 0.1) is 12.2 Å². The summed E-state index contributed by atoms with van der Waals surface area (Å²) in [6.07, 6.45) is 2.84. The number of hydrogen-bond acceptors (Lipinski definition) is 5. The van der Waals surface area contributed by atoms with E-state index in [2.05, 4.69) is 24.1 Å².